The molecule has 1 atom stereocenters. The van der Waals surface area contributed by atoms with Crippen molar-refractivity contribution in [3.63, 3.8) is 0 Å². The molecule has 1 aliphatic carbocycles. The summed E-state index contributed by atoms with van der Waals surface area (Å²) in [5, 5.41) is 3.66. The smallest absolute Gasteiger partial charge is 0.0402 e. The summed E-state index contributed by atoms with van der Waals surface area (Å²) in [4.78, 5) is 4.13. The highest BCUT2D eigenvalue weighted by Gasteiger charge is 2.27. The number of pyridine rings is 1. The predicted molar refractivity (Wildman–Crippen MR) is 68.6 cm³/mol. The lowest BCUT2D eigenvalue weighted by molar-refractivity contribution is 0.229. The molecule has 1 aromatic heterocycles. The Morgan fingerprint density at radius 1 is 1.44 bits per heavy atom. The molecule has 16 heavy (non-hydrogen) atoms. The first kappa shape index (κ1) is 11.4. The second kappa shape index (κ2) is 4.44. The Labute approximate surface area is 98.5 Å². The zero-order chi connectivity index (χ0) is 11.6. The second-order valence-electron chi connectivity index (χ2n) is 5.79. The van der Waals surface area contributed by atoms with Gasteiger partial charge in [0, 0.05) is 24.1 Å². The molecule has 0 spiro atoms. The van der Waals surface area contributed by atoms with E-state index in [0.29, 0.717) is 11.5 Å². The topological polar surface area (TPSA) is 24.9 Å². The zero-order valence-corrected chi connectivity index (χ0v) is 10.6. The highest BCUT2D eigenvalue weighted by molar-refractivity contribution is 5.49. The monoisotopic (exact) mass is 218 g/mol. The highest BCUT2D eigenvalue weighted by atomic mass is 14.9. The molecule has 0 aliphatic heterocycles. The van der Waals surface area contributed by atoms with Crippen LogP contribution in [0, 0.1) is 12.3 Å². The molecule has 0 bridgehead atoms. The minimum Gasteiger partial charge on any atom is -0.382 e. The zero-order valence-electron chi connectivity index (χ0n) is 10.6. The van der Waals surface area contributed by atoms with Crippen molar-refractivity contribution in [3.8, 4) is 0 Å². The maximum Gasteiger partial charge on any atom is 0.0402 e. The molecule has 1 N–H and O–H groups in total. The third-order valence-corrected chi connectivity index (χ3v) is 3.59. The minimum absolute atomic E-state index is 0.497. The Morgan fingerprint density at radius 2 is 2.25 bits per heavy atom. The van der Waals surface area contributed by atoms with Crippen LogP contribution in [0.3, 0.4) is 0 Å². The summed E-state index contributed by atoms with van der Waals surface area (Å²) in [7, 11) is 0. The van der Waals surface area contributed by atoms with Crippen molar-refractivity contribution in [2.24, 2.45) is 5.41 Å². The quantitative estimate of drug-likeness (QED) is 0.817. The number of rotatable bonds is 2. The second-order valence-corrected chi connectivity index (χ2v) is 5.79. The Morgan fingerprint density at radius 3 is 2.94 bits per heavy atom. The maximum absolute atomic E-state index is 4.13. The summed E-state index contributed by atoms with van der Waals surface area (Å²) in [6.45, 7) is 6.86. The van der Waals surface area contributed by atoms with Gasteiger partial charge in [0.1, 0.15) is 0 Å². The van der Waals surface area contributed by atoms with Crippen molar-refractivity contribution in [1.29, 1.82) is 0 Å². The summed E-state index contributed by atoms with van der Waals surface area (Å²) in [5.74, 6) is 0. The van der Waals surface area contributed by atoms with Crippen LogP contribution in [-0.4, -0.2) is 11.0 Å². The molecule has 0 aromatic carbocycles. The molecular formula is C14H22N2. The molecule has 2 heteroatoms. The summed E-state index contributed by atoms with van der Waals surface area (Å²) < 4.78 is 0. The summed E-state index contributed by atoms with van der Waals surface area (Å²) in [5.41, 5.74) is 2.99. The van der Waals surface area contributed by atoms with Crippen molar-refractivity contribution in [2.75, 3.05) is 5.32 Å². The number of hydrogen-bond acceptors (Lipinski definition) is 2. The van der Waals surface area contributed by atoms with Gasteiger partial charge in [-0.25, -0.2) is 0 Å². The average molecular weight is 218 g/mol. The number of nitrogens with one attached hydrogen (secondary N) is 1. The lowest BCUT2D eigenvalue weighted by Gasteiger charge is -2.36. The Bertz CT molecular complexity index is 358. The number of anilines is 1. The molecule has 0 radical (unpaired) electrons. The van der Waals surface area contributed by atoms with Crippen LogP contribution in [0.15, 0.2) is 18.5 Å². The summed E-state index contributed by atoms with van der Waals surface area (Å²) in [6.07, 6.45) is 9.06. The van der Waals surface area contributed by atoms with Crippen molar-refractivity contribution < 1.29 is 0 Å². The lowest BCUT2D eigenvalue weighted by atomic mass is 9.75. The molecule has 1 aromatic rings. The Balaban J connectivity index is 2.02. The van der Waals surface area contributed by atoms with E-state index in [1.807, 2.05) is 12.4 Å². The van der Waals surface area contributed by atoms with Gasteiger partial charge in [-0.1, -0.05) is 20.3 Å². The maximum atomic E-state index is 4.13. The van der Waals surface area contributed by atoms with Gasteiger partial charge in [-0.15, -0.1) is 0 Å². The van der Waals surface area contributed by atoms with Crippen LogP contribution in [0.1, 0.15) is 45.1 Å². The van der Waals surface area contributed by atoms with Crippen molar-refractivity contribution in [3.05, 3.63) is 24.0 Å². The molecule has 88 valence electrons. The van der Waals surface area contributed by atoms with E-state index >= 15 is 0 Å². The molecule has 0 amide bonds. The van der Waals surface area contributed by atoms with E-state index in [1.54, 1.807) is 0 Å². The fourth-order valence-electron chi connectivity index (χ4n) is 2.68. The van der Waals surface area contributed by atoms with Gasteiger partial charge in [-0.3, -0.25) is 4.98 Å². The van der Waals surface area contributed by atoms with Gasteiger partial charge < -0.3 is 5.32 Å². The summed E-state index contributed by atoms with van der Waals surface area (Å²) >= 11 is 0. The number of hydrogen-bond donors (Lipinski definition) is 1. The van der Waals surface area contributed by atoms with Gasteiger partial charge in [0.05, 0.1) is 0 Å². The molecule has 1 saturated carbocycles. The molecule has 1 unspecified atom stereocenters. The minimum atomic E-state index is 0.497. The van der Waals surface area contributed by atoms with Crippen LogP contribution in [0.4, 0.5) is 5.69 Å². The van der Waals surface area contributed by atoms with Crippen LogP contribution in [0.2, 0.25) is 0 Å². The molecular weight excluding hydrogens is 196 g/mol. The molecule has 0 saturated heterocycles. The van der Waals surface area contributed by atoms with E-state index in [2.05, 4.69) is 37.1 Å². The molecule has 2 nitrogen and oxygen atoms in total. The van der Waals surface area contributed by atoms with Gasteiger partial charge in [-0.05, 0) is 43.2 Å². The van der Waals surface area contributed by atoms with Crippen molar-refractivity contribution in [2.45, 2.75) is 52.5 Å². The first-order valence-corrected chi connectivity index (χ1v) is 6.24. The molecule has 2 rings (SSSR count). The number of nitrogens with zero attached hydrogens (tertiary/aromatic N) is 1. The molecule has 1 heterocycles. The van der Waals surface area contributed by atoms with Crippen LogP contribution >= 0.6 is 0 Å². The van der Waals surface area contributed by atoms with Gasteiger partial charge >= 0.3 is 0 Å². The van der Waals surface area contributed by atoms with E-state index in [4.69, 9.17) is 0 Å². The predicted octanol–water partition coefficient (Wildman–Crippen LogP) is 3.77. The molecule has 1 fully saturated rings. The number of aryl methyl sites for hydroxylation is 1. The fourth-order valence-corrected chi connectivity index (χ4v) is 2.68. The van der Waals surface area contributed by atoms with Crippen LogP contribution in [-0.2, 0) is 0 Å². The van der Waals surface area contributed by atoms with E-state index in [0.717, 1.165) is 0 Å². The SMILES string of the molecule is Cc1cnccc1NC1CCCC(C)(C)C1. The van der Waals surface area contributed by atoms with Crippen LogP contribution in [0.25, 0.3) is 0 Å². The first-order chi connectivity index (χ1) is 7.57. The van der Waals surface area contributed by atoms with Gasteiger partial charge in [0.15, 0.2) is 0 Å². The third-order valence-electron chi connectivity index (χ3n) is 3.59. The van der Waals surface area contributed by atoms with Crippen LogP contribution < -0.4 is 5.32 Å². The van der Waals surface area contributed by atoms with E-state index < -0.39 is 0 Å². The van der Waals surface area contributed by atoms with Crippen molar-refractivity contribution in [1.82, 2.24) is 4.98 Å². The first-order valence-electron chi connectivity index (χ1n) is 6.24. The summed E-state index contributed by atoms with van der Waals surface area (Å²) in [6, 6.07) is 2.71. The van der Waals surface area contributed by atoms with Gasteiger partial charge in [0.2, 0.25) is 0 Å². The standard InChI is InChI=1S/C14H22N2/c1-11-10-15-8-6-13(11)16-12-5-4-7-14(2,3)9-12/h6,8,10,12H,4-5,7,9H2,1-3H3,(H,15,16). The average Bonchev–Trinajstić information content (AvgIpc) is 2.20. The van der Waals surface area contributed by atoms with E-state index in [-0.39, 0.29) is 0 Å². The normalized spacial score (nSPS) is 24.1. The Hall–Kier alpha value is -1.05. The highest BCUT2D eigenvalue weighted by Crippen LogP contribution is 2.36. The number of aromatic nitrogens is 1. The van der Waals surface area contributed by atoms with Crippen LogP contribution in [0.5, 0.6) is 0 Å². The molecule has 1 aliphatic rings. The van der Waals surface area contributed by atoms with Gasteiger partial charge in [-0.2, -0.15) is 0 Å². The lowest BCUT2D eigenvalue weighted by Crippen LogP contribution is -2.31. The Kier molecular flexibility index (Phi) is 3.17. The fraction of sp³-hybridized carbons (Fsp3) is 0.643. The van der Waals surface area contributed by atoms with E-state index in [9.17, 15) is 0 Å². The third kappa shape index (κ3) is 2.75. The van der Waals surface area contributed by atoms with Gasteiger partial charge in [0.25, 0.3) is 0 Å². The van der Waals surface area contributed by atoms with Crippen molar-refractivity contribution >= 4 is 5.69 Å². The van der Waals surface area contributed by atoms with E-state index in [1.165, 1.54) is 36.9 Å². The largest absolute Gasteiger partial charge is 0.382 e.